The van der Waals surface area contributed by atoms with Gasteiger partial charge in [0, 0.05) is 6.07 Å². The van der Waals surface area contributed by atoms with Gasteiger partial charge >= 0.3 is 0 Å². The van der Waals surface area contributed by atoms with E-state index in [1.165, 1.54) is 19.2 Å². The highest BCUT2D eigenvalue weighted by Gasteiger charge is 2.13. The summed E-state index contributed by atoms with van der Waals surface area (Å²) in [4.78, 5) is 4.21. The Hall–Kier alpha value is -3.07. The van der Waals surface area contributed by atoms with Gasteiger partial charge in [-0.15, -0.1) is 0 Å². The summed E-state index contributed by atoms with van der Waals surface area (Å²) in [5, 5.41) is 8.99. The zero-order chi connectivity index (χ0) is 15.0. The van der Waals surface area contributed by atoms with Crippen LogP contribution in [0.3, 0.4) is 0 Å². The monoisotopic (exact) mass is 282 g/mol. The number of fused-ring (bicyclic) bond motifs is 1. The van der Waals surface area contributed by atoms with Gasteiger partial charge in [0.15, 0.2) is 11.6 Å². The molecule has 0 fully saturated rings. The molecule has 1 heterocycles. The van der Waals surface area contributed by atoms with Gasteiger partial charge in [-0.2, -0.15) is 5.26 Å². The minimum absolute atomic E-state index is 0.152. The molecule has 0 unspecified atom stereocenters. The van der Waals surface area contributed by atoms with Crippen molar-refractivity contribution in [3.05, 3.63) is 47.8 Å². The summed E-state index contributed by atoms with van der Waals surface area (Å²) >= 11 is 0. The van der Waals surface area contributed by atoms with Crippen LogP contribution in [0, 0.1) is 17.1 Å². The molecule has 0 amide bonds. The summed E-state index contributed by atoms with van der Waals surface area (Å²) in [7, 11) is 1.40. The van der Waals surface area contributed by atoms with Gasteiger partial charge in [0.1, 0.15) is 0 Å². The number of hydrogen-bond acceptors (Lipinski definition) is 4. The Bertz CT molecular complexity index is 879. The van der Waals surface area contributed by atoms with Crippen molar-refractivity contribution in [3.63, 3.8) is 0 Å². The van der Waals surface area contributed by atoms with Crippen LogP contribution in [0.4, 0.5) is 10.3 Å². The highest BCUT2D eigenvalue weighted by molar-refractivity contribution is 5.82. The van der Waals surface area contributed by atoms with Crippen LogP contribution < -0.4 is 10.5 Å². The minimum Gasteiger partial charge on any atom is -0.494 e. The lowest BCUT2D eigenvalue weighted by molar-refractivity contribution is 0.386. The molecule has 0 aliphatic rings. The maximum Gasteiger partial charge on any atom is 0.205 e. The number of anilines is 1. The SMILES string of the molecule is COc1ccc(-n2c(N)nc3ccc(C#N)cc32)cc1F. The Morgan fingerprint density at radius 1 is 1.29 bits per heavy atom. The number of rotatable bonds is 2. The fourth-order valence-electron chi connectivity index (χ4n) is 2.23. The van der Waals surface area contributed by atoms with E-state index in [4.69, 9.17) is 15.7 Å². The summed E-state index contributed by atoms with van der Waals surface area (Å²) < 4.78 is 20.4. The van der Waals surface area contributed by atoms with E-state index >= 15 is 0 Å². The molecular formula is C15H11FN4O. The Morgan fingerprint density at radius 2 is 2.10 bits per heavy atom. The zero-order valence-electron chi connectivity index (χ0n) is 11.2. The summed E-state index contributed by atoms with van der Waals surface area (Å²) in [6.07, 6.45) is 0. The largest absolute Gasteiger partial charge is 0.494 e. The molecule has 0 atom stereocenters. The first-order valence-electron chi connectivity index (χ1n) is 6.16. The number of aromatic nitrogens is 2. The first-order valence-corrected chi connectivity index (χ1v) is 6.16. The number of methoxy groups -OCH3 is 1. The molecule has 0 saturated carbocycles. The molecule has 6 heteroatoms. The van der Waals surface area contributed by atoms with Crippen LogP contribution in [-0.4, -0.2) is 16.7 Å². The smallest absolute Gasteiger partial charge is 0.205 e. The quantitative estimate of drug-likeness (QED) is 0.783. The van der Waals surface area contributed by atoms with Crippen LogP contribution in [0.15, 0.2) is 36.4 Å². The van der Waals surface area contributed by atoms with E-state index < -0.39 is 5.82 Å². The number of nitriles is 1. The number of nitrogen functional groups attached to an aromatic ring is 1. The van der Waals surface area contributed by atoms with Gasteiger partial charge in [-0.3, -0.25) is 4.57 Å². The maximum absolute atomic E-state index is 13.9. The van der Waals surface area contributed by atoms with Gasteiger partial charge in [-0.1, -0.05) is 0 Å². The molecule has 5 nitrogen and oxygen atoms in total. The molecule has 0 radical (unpaired) electrons. The average molecular weight is 282 g/mol. The second kappa shape index (κ2) is 4.80. The van der Waals surface area contributed by atoms with Gasteiger partial charge in [0.25, 0.3) is 0 Å². The molecule has 0 spiro atoms. The number of nitrogens with zero attached hydrogens (tertiary/aromatic N) is 3. The summed E-state index contributed by atoms with van der Waals surface area (Å²) in [6.45, 7) is 0. The normalized spacial score (nSPS) is 10.5. The Labute approximate surface area is 120 Å². The Kier molecular flexibility index (Phi) is 2.95. The first-order chi connectivity index (χ1) is 10.1. The second-order valence-corrected chi connectivity index (χ2v) is 4.44. The van der Waals surface area contributed by atoms with Crippen molar-refractivity contribution in [1.29, 1.82) is 5.26 Å². The number of hydrogen-bond donors (Lipinski definition) is 1. The van der Waals surface area contributed by atoms with Crippen LogP contribution in [0.2, 0.25) is 0 Å². The Balaban J connectivity index is 2.26. The number of imidazole rings is 1. The molecule has 0 aliphatic heterocycles. The van der Waals surface area contributed by atoms with E-state index in [1.807, 2.05) is 0 Å². The lowest BCUT2D eigenvalue weighted by Gasteiger charge is -2.08. The van der Waals surface area contributed by atoms with Crippen LogP contribution in [0.1, 0.15) is 5.56 Å². The lowest BCUT2D eigenvalue weighted by atomic mass is 10.2. The molecule has 3 rings (SSSR count). The van der Waals surface area contributed by atoms with E-state index in [1.54, 1.807) is 28.8 Å². The molecule has 3 aromatic rings. The van der Waals surface area contributed by atoms with Gasteiger partial charge in [-0.25, -0.2) is 9.37 Å². The van der Waals surface area contributed by atoms with Gasteiger partial charge in [0.2, 0.25) is 5.95 Å². The fraction of sp³-hybridized carbons (Fsp3) is 0.0667. The van der Waals surface area contributed by atoms with Crippen molar-refractivity contribution in [2.75, 3.05) is 12.8 Å². The van der Waals surface area contributed by atoms with Crippen LogP contribution >= 0.6 is 0 Å². The number of nitrogens with two attached hydrogens (primary N) is 1. The van der Waals surface area contributed by atoms with Crippen molar-refractivity contribution in [3.8, 4) is 17.5 Å². The van der Waals surface area contributed by atoms with Crippen molar-refractivity contribution in [2.24, 2.45) is 0 Å². The van der Waals surface area contributed by atoms with Crippen molar-refractivity contribution in [1.82, 2.24) is 9.55 Å². The zero-order valence-corrected chi connectivity index (χ0v) is 11.2. The van der Waals surface area contributed by atoms with Crippen molar-refractivity contribution >= 4 is 17.0 Å². The molecule has 2 aromatic carbocycles. The third-order valence-electron chi connectivity index (χ3n) is 3.20. The maximum atomic E-state index is 13.9. The highest BCUT2D eigenvalue weighted by atomic mass is 19.1. The standard InChI is InChI=1S/C15H11FN4O/c1-21-14-5-3-10(7-11(14)16)20-13-6-9(8-17)2-4-12(13)19-15(20)18/h2-7H,1H3,(H2,18,19). The van der Waals surface area contributed by atoms with E-state index in [0.29, 0.717) is 22.3 Å². The predicted octanol–water partition coefficient (Wildman–Crippen LogP) is 2.63. The predicted molar refractivity (Wildman–Crippen MR) is 76.7 cm³/mol. The number of benzene rings is 2. The molecule has 0 saturated heterocycles. The molecule has 104 valence electrons. The van der Waals surface area contributed by atoms with Crippen LogP contribution in [0.25, 0.3) is 16.7 Å². The highest BCUT2D eigenvalue weighted by Crippen LogP contribution is 2.27. The van der Waals surface area contributed by atoms with E-state index in [-0.39, 0.29) is 11.7 Å². The molecule has 2 N–H and O–H groups in total. The summed E-state index contributed by atoms with van der Waals surface area (Å²) in [5.41, 5.74) is 8.20. The van der Waals surface area contributed by atoms with Gasteiger partial charge in [0.05, 0.1) is 35.5 Å². The Morgan fingerprint density at radius 3 is 2.76 bits per heavy atom. The fourth-order valence-corrected chi connectivity index (χ4v) is 2.23. The second-order valence-electron chi connectivity index (χ2n) is 4.44. The molecular weight excluding hydrogens is 271 g/mol. The van der Waals surface area contributed by atoms with Crippen LogP contribution in [0.5, 0.6) is 5.75 Å². The first kappa shape index (κ1) is 12.9. The van der Waals surface area contributed by atoms with E-state index in [9.17, 15) is 4.39 Å². The van der Waals surface area contributed by atoms with Crippen molar-refractivity contribution < 1.29 is 9.13 Å². The molecule has 0 bridgehead atoms. The third kappa shape index (κ3) is 2.05. The van der Waals surface area contributed by atoms with Gasteiger partial charge < -0.3 is 10.5 Å². The number of halogens is 1. The topological polar surface area (TPSA) is 76.9 Å². The number of ether oxygens (including phenoxy) is 1. The molecule has 21 heavy (non-hydrogen) atoms. The summed E-state index contributed by atoms with van der Waals surface area (Å²) in [6, 6.07) is 11.6. The average Bonchev–Trinajstić information content (AvgIpc) is 2.81. The van der Waals surface area contributed by atoms with E-state index in [2.05, 4.69) is 11.1 Å². The minimum atomic E-state index is -0.493. The third-order valence-corrected chi connectivity index (χ3v) is 3.20. The summed E-state index contributed by atoms with van der Waals surface area (Å²) in [5.74, 6) is -0.114. The lowest BCUT2D eigenvalue weighted by Crippen LogP contribution is -2.01. The van der Waals surface area contributed by atoms with E-state index in [0.717, 1.165) is 0 Å². The molecule has 0 aliphatic carbocycles. The molecule has 1 aromatic heterocycles. The van der Waals surface area contributed by atoms with Crippen LogP contribution in [-0.2, 0) is 0 Å². The van der Waals surface area contributed by atoms with Crippen molar-refractivity contribution in [2.45, 2.75) is 0 Å². The van der Waals surface area contributed by atoms with Gasteiger partial charge in [-0.05, 0) is 30.3 Å².